The summed E-state index contributed by atoms with van der Waals surface area (Å²) in [6, 6.07) is 9.27. The van der Waals surface area contributed by atoms with Crippen molar-refractivity contribution in [2.75, 3.05) is 0 Å². The van der Waals surface area contributed by atoms with Gasteiger partial charge in [0.15, 0.2) is 23.1 Å². The van der Waals surface area contributed by atoms with Crippen LogP contribution < -0.4 is 0 Å². The van der Waals surface area contributed by atoms with E-state index in [0.717, 1.165) is 44.8 Å². The van der Waals surface area contributed by atoms with Gasteiger partial charge >= 0.3 is 0 Å². The number of nitrogens with one attached hydrogen (secondary N) is 2. The van der Waals surface area contributed by atoms with Gasteiger partial charge in [-0.05, 0) is 124 Å². The Bertz CT molecular complexity index is 3090. The van der Waals surface area contributed by atoms with E-state index in [0.29, 0.717) is 0 Å². The van der Waals surface area contributed by atoms with Crippen LogP contribution in [0.3, 0.4) is 0 Å². The molecule has 21 rings (SSSR count). The monoisotopic (exact) mass is 910 g/mol. The predicted molar refractivity (Wildman–Crippen MR) is 251 cm³/mol. The van der Waals surface area contributed by atoms with E-state index in [9.17, 15) is 0 Å². The van der Waals surface area contributed by atoms with E-state index in [-0.39, 0.29) is 96.2 Å². The summed E-state index contributed by atoms with van der Waals surface area (Å²) in [6.07, 6.45) is 17.8. The molecule has 68 heavy (non-hydrogen) atoms. The number of hydrogen-bond acceptors (Lipinski definition) is 10. The number of rotatable bonds is 0. The van der Waals surface area contributed by atoms with Crippen LogP contribution in [-0.2, 0) is 37.9 Å². The van der Waals surface area contributed by atoms with Crippen LogP contribution in [0.5, 0.6) is 0 Å². The lowest BCUT2D eigenvalue weighted by Crippen LogP contribution is -2.43. The number of aromatic amines is 2. The Balaban J connectivity index is 0.979. The van der Waals surface area contributed by atoms with Crippen molar-refractivity contribution in [3.8, 4) is 0 Å². The highest BCUT2D eigenvalue weighted by Crippen LogP contribution is 2.62. The van der Waals surface area contributed by atoms with Crippen LogP contribution in [0, 0.1) is 23.7 Å². The Morgan fingerprint density at radius 1 is 0.309 bits per heavy atom. The molecule has 3 aromatic rings. The maximum atomic E-state index is 6.77. The van der Waals surface area contributed by atoms with E-state index < -0.39 is 23.1 Å². The van der Waals surface area contributed by atoms with Crippen molar-refractivity contribution in [2.24, 2.45) is 23.7 Å². The molecule has 0 aromatic carbocycles. The first-order valence-electron chi connectivity index (χ1n) is 25.0. The summed E-state index contributed by atoms with van der Waals surface area (Å²) >= 11 is 0. The first-order chi connectivity index (χ1) is 32.6. The minimum absolute atomic E-state index is 0.00737. The molecule has 12 aliphatic carbocycles. The van der Waals surface area contributed by atoms with Gasteiger partial charge in [0.25, 0.3) is 0 Å². The molecule has 16 unspecified atom stereocenters. The van der Waals surface area contributed by atoms with Gasteiger partial charge in [-0.1, -0.05) is 48.6 Å². The van der Waals surface area contributed by atoms with Crippen LogP contribution in [0.1, 0.15) is 124 Å². The molecule has 0 radical (unpaired) electrons. The Morgan fingerprint density at radius 3 is 0.809 bits per heavy atom. The lowest BCUT2D eigenvalue weighted by atomic mass is 9.66. The van der Waals surface area contributed by atoms with Crippen molar-refractivity contribution in [1.29, 1.82) is 0 Å². The number of hydrogen-bond donors (Lipinski definition) is 2. The summed E-state index contributed by atoms with van der Waals surface area (Å²) in [7, 11) is 0. The Hall–Kier alpha value is -4.76. The van der Waals surface area contributed by atoms with Crippen LogP contribution in [0.25, 0.3) is 44.4 Å². The van der Waals surface area contributed by atoms with Gasteiger partial charge < -0.3 is 47.9 Å². The minimum Gasteiger partial charge on any atom is -0.355 e. The third-order valence-electron chi connectivity index (χ3n) is 17.8. The van der Waals surface area contributed by atoms with Gasteiger partial charge in [0.1, 0.15) is 0 Å². The Kier molecular flexibility index (Phi) is 6.91. The van der Waals surface area contributed by atoms with Gasteiger partial charge in [-0.3, -0.25) is 0 Å². The van der Waals surface area contributed by atoms with Crippen molar-refractivity contribution < 1.29 is 37.9 Å². The summed E-state index contributed by atoms with van der Waals surface area (Å²) in [6.45, 7) is 16.3. The first kappa shape index (κ1) is 39.0. The molecule has 4 fully saturated rings. The highest BCUT2D eigenvalue weighted by Gasteiger charge is 2.60. The second-order valence-electron chi connectivity index (χ2n) is 23.6. The third-order valence-corrected chi connectivity index (χ3v) is 17.8. The smallest absolute Gasteiger partial charge is 0.163 e. The standard InChI is InChI=1S/C56H54N4O8/c1-53(2)61-45-21-9-10-22(46(45)62-53)38-30-18-32-40-24-12-14-26(50-48(24)64-55(5,6)66-50)42(40)34(59-32)20-36-44-28-16-15-27(51-52(28)68-56(7,8)67-51)43(44)35(60-36)19-33-41-25-13-11-23(47-49(25)65-54(3,4)63-47)39(41)31(58-33)17-29(57-30)37(21)38/h9-28,45-52,57-58H,1-8H3. The van der Waals surface area contributed by atoms with Gasteiger partial charge in [0.2, 0.25) is 0 Å². The predicted octanol–water partition coefficient (Wildman–Crippen LogP) is 9.35. The van der Waals surface area contributed by atoms with Crippen LogP contribution in [0.2, 0.25) is 0 Å². The van der Waals surface area contributed by atoms with Crippen molar-refractivity contribution in [2.45, 2.75) is 151 Å². The van der Waals surface area contributed by atoms with E-state index in [1.807, 2.05) is 55.4 Å². The maximum Gasteiger partial charge on any atom is 0.163 e. The quantitative estimate of drug-likeness (QED) is 0.211. The zero-order valence-electron chi connectivity index (χ0n) is 39.3. The summed E-state index contributed by atoms with van der Waals surface area (Å²) in [5.74, 6) is -2.97. The minimum atomic E-state index is -0.701. The molecule has 0 spiro atoms. The fraction of sp³-hybridized carbons (Fsp3) is 0.500. The highest BCUT2D eigenvalue weighted by molar-refractivity contribution is 6.02. The largest absolute Gasteiger partial charge is 0.355 e. The van der Waals surface area contributed by atoms with Crippen LogP contribution in [-0.4, -0.2) is 91.9 Å². The molecule has 2 N–H and O–H groups in total. The van der Waals surface area contributed by atoms with E-state index in [1.54, 1.807) is 0 Å². The third kappa shape index (κ3) is 4.80. The van der Waals surface area contributed by atoms with E-state index >= 15 is 0 Å². The maximum absolute atomic E-state index is 6.77. The molecule has 3 aromatic heterocycles. The lowest BCUT2D eigenvalue weighted by Gasteiger charge is -2.40. The Morgan fingerprint density at radius 2 is 0.529 bits per heavy atom. The summed E-state index contributed by atoms with van der Waals surface area (Å²) < 4.78 is 54.1. The number of fused-ring (bicyclic) bond motifs is 8. The zero-order valence-corrected chi connectivity index (χ0v) is 39.3. The SMILES string of the molecule is CC1(C)OC2C3C=CC(C4=C3c3cc5nc(cc6[nH]c(cc7[nH]c(cc4n3)c3c7C4C=CC3C3OC(C)(C)OC43)c3c6C4C=CC3C3OC(C)(C)OC43)C3=C5C4C=CC3C3OC(C)(C)OC43)C2O1. The highest BCUT2D eigenvalue weighted by atomic mass is 16.8. The number of ether oxygens (including phenoxy) is 8. The second kappa shape index (κ2) is 12.0. The molecule has 18 aliphatic rings. The van der Waals surface area contributed by atoms with Crippen LogP contribution >= 0.6 is 0 Å². The molecule has 346 valence electrons. The van der Waals surface area contributed by atoms with Crippen LogP contribution in [0.4, 0.5) is 0 Å². The molecule has 16 atom stereocenters. The van der Waals surface area contributed by atoms with Crippen molar-refractivity contribution in [3.05, 3.63) is 118 Å². The van der Waals surface area contributed by atoms with Gasteiger partial charge in [0, 0.05) is 69.4 Å². The average Bonchev–Trinajstić information content (AvgIpc) is 4.16. The molecule has 16 bridgehead atoms. The molecule has 9 heterocycles. The molecule has 0 amide bonds. The molecular weight excluding hydrogens is 857 g/mol. The molecule has 6 aliphatic heterocycles. The van der Waals surface area contributed by atoms with Gasteiger partial charge in [-0.25, -0.2) is 9.97 Å². The van der Waals surface area contributed by atoms with Gasteiger partial charge in [-0.15, -0.1) is 0 Å². The van der Waals surface area contributed by atoms with Gasteiger partial charge in [-0.2, -0.15) is 0 Å². The van der Waals surface area contributed by atoms with Gasteiger partial charge in [0.05, 0.1) is 71.6 Å². The number of nitrogens with zero attached hydrogens (tertiary/aromatic N) is 2. The topological polar surface area (TPSA) is 131 Å². The zero-order chi connectivity index (χ0) is 45.4. The van der Waals surface area contributed by atoms with Crippen molar-refractivity contribution in [3.63, 3.8) is 0 Å². The van der Waals surface area contributed by atoms with E-state index in [4.69, 9.17) is 47.9 Å². The van der Waals surface area contributed by atoms with Crippen LogP contribution in [0.15, 0.2) is 72.9 Å². The summed E-state index contributed by atoms with van der Waals surface area (Å²) in [5.41, 5.74) is 17.9. The molecule has 0 saturated carbocycles. The lowest BCUT2D eigenvalue weighted by molar-refractivity contribution is -0.148. The summed E-state index contributed by atoms with van der Waals surface area (Å²) in [5, 5.41) is 0. The second-order valence-corrected chi connectivity index (χ2v) is 23.6. The van der Waals surface area contributed by atoms with Crippen molar-refractivity contribution in [1.82, 2.24) is 19.9 Å². The molecule has 4 saturated heterocycles. The first-order valence-corrected chi connectivity index (χ1v) is 25.0. The summed E-state index contributed by atoms with van der Waals surface area (Å²) in [4.78, 5) is 19.5. The molecular formula is C56H54N4O8. The van der Waals surface area contributed by atoms with Crippen molar-refractivity contribution >= 4 is 44.4 Å². The van der Waals surface area contributed by atoms with E-state index in [1.165, 1.54) is 44.5 Å². The van der Waals surface area contributed by atoms with E-state index in [2.05, 4.69) is 82.8 Å². The fourth-order valence-corrected chi connectivity index (χ4v) is 15.9. The molecule has 12 heteroatoms. The number of H-pyrrole nitrogens is 2. The number of aromatic nitrogens is 4. The average molecular weight is 911 g/mol. The normalized spacial score (nSPS) is 42.4. The fourth-order valence-electron chi connectivity index (χ4n) is 15.9. The Labute approximate surface area is 393 Å². The molecule has 12 nitrogen and oxygen atoms in total.